The smallest absolute Gasteiger partial charge is 0.335 e. The minimum Gasteiger partial charge on any atom is -0.478 e. The van der Waals surface area contributed by atoms with Crippen molar-refractivity contribution in [3.8, 4) is 0 Å². The van der Waals surface area contributed by atoms with Gasteiger partial charge in [0.1, 0.15) is 0 Å². The Kier molecular flexibility index (Phi) is 5.74. The van der Waals surface area contributed by atoms with E-state index in [-0.39, 0.29) is 5.92 Å². The maximum Gasteiger partial charge on any atom is 0.335 e. The van der Waals surface area contributed by atoms with Crippen LogP contribution in [-0.4, -0.2) is 34.2 Å². The Morgan fingerprint density at radius 3 is 2.24 bits per heavy atom. The first-order chi connectivity index (χ1) is 12.0. The molecule has 3 rings (SSSR count). The summed E-state index contributed by atoms with van der Waals surface area (Å²) in [5.74, 6) is -0.643. The molecule has 1 fully saturated rings. The SMILES string of the molecule is O=C(O)c1ccc(CN2CCC(C(O)c3ccc(Cl)cc3)CC2)cc1. The lowest BCUT2D eigenvalue weighted by Gasteiger charge is -2.34. The predicted molar refractivity (Wildman–Crippen MR) is 97.8 cm³/mol. The number of carboxylic acids is 1. The quantitative estimate of drug-likeness (QED) is 0.847. The predicted octanol–water partition coefficient (Wildman–Crippen LogP) is 3.98. The molecule has 25 heavy (non-hydrogen) atoms. The third-order valence-corrected chi connectivity index (χ3v) is 5.15. The molecule has 1 heterocycles. The van der Waals surface area contributed by atoms with Gasteiger partial charge in [-0.2, -0.15) is 0 Å². The second kappa shape index (κ2) is 8.00. The number of hydrogen-bond donors (Lipinski definition) is 2. The Morgan fingerprint density at radius 2 is 1.68 bits per heavy atom. The van der Waals surface area contributed by atoms with Crippen molar-refractivity contribution in [3.05, 3.63) is 70.2 Å². The lowest BCUT2D eigenvalue weighted by atomic mass is 9.87. The molecular formula is C20H22ClNO3. The van der Waals surface area contributed by atoms with E-state index in [0.717, 1.165) is 43.6 Å². The molecule has 1 unspecified atom stereocenters. The zero-order valence-corrected chi connectivity index (χ0v) is 14.7. The van der Waals surface area contributed by atoms with Crippen molar-refractivity contribution in [2.75, 3.05) is 13.1 Å². The fourth-order valence-electron chi connectivity index (χ4n) is 3.37. The van der Waals surface area contributed by atoms with Crippen molar-refractivity contribution in [2.24, 2.45) is 5.92 Å². The van der Waals surface area contributed by atoms with Gasteiger partial charge in [-0.3, -0.25) is 4.90 Å². The molecule has 0 saturated carbocycles. The van der Waals surface area contributed by atoms with Crippen molar-refractivity contribution in [2.45, 2.75) is 25.5 Å². The highest BCUT2D eigenvalue weighted by molar-refractivity contribution is 6.30. The molecule has 0 aromatic heterocycles. The van der Waals surface area contributed by atoms with Crippen LogP contribution in [0.15, 0.2) is 48.5 Å². The van der Waals surface area contributed by atoms with Gasteiger partial charge in [-0.1, -0.05) is 35.9 Å². The van der Waals surface area contributed by atoms with Gasteiger partial charge >= 0.3 is 5.97 Å². The standard InChI is InChI=1S/C20H22ClNO3/c21-18-7-5-15(6-8-18)19(23)16-9-11-22(12-10-16)13-14-1-3-17(4-2-14)20(24)25/h1-8,16,19,23H,9-13H2,(H,24,25). The monoisotopic (exact) mass is 359 g/mol. The first kappa shape index (κ1) is 17.9. The molecule has 1 aliphatic heterocycles. The first-order valence-electron chi connectivity index (χ1n) is 8.51. The lowest BCUT2D eigenvalue weighted by Crippen LogP contribution is -2.35. The molecule has 2 aromatic carbocycles. The number of aromatic carboxylic acids is 1. The number of likely N-dealkylation sites (tertiary alicyclic amines) is 1. The molecule has 1 saturated heterocycles. The van der Waals surface area contributed by atoms with Gasteiger partial charge in [0, 0.05) is 11.6 Å². The number of piperidine rings is 1. The van der Waals surface area contributed by atoms with Gasteiger partial charge in [0.25, 0.3) is 0 Å². The second-order valence-electron chi connectivity index (χ2n) is 6.61. The normalized spacial score (nSPS) is 17.4. The van der Waals surface area contributed by atoms with Crippen LogP contribution in [0.4, 0.5) is 0 Å². The van der Waals surface area contributed by atoms with E-state index >= 15 is 0 Å². The highest BCUT2D eigenvalue weighted by atomic mass is 35.5. The number of rotatable bonds is 5. The molecule has 2 N–H and O–H groups in total. The summed E-state index contributed by atoms with van der Waals surface area (Å²) < 4.78 is 0. The van der Waals surface area contributed by atoms with Crippen molar-refractivity contribution < 1.29 is 15.0 Å². The van der Waals surface area contributed by atoms with E-state index in [0.29, 0.717) is 10.6 Å². The highest BCUT2D eigenvalue weighted by Crippen LogP contribution is 2.31. The van der Waals surface area contributed by atoms with Gasteiger partial charge in [0.2, 0.25) is 0 Å². The topological polar surface area (TPSA) is 60.8 Å². The molecular weight excluding hydrogens is 338 g/mol. The van der Waals surface area contributed by atoms with Crippen molar-refractivity contribution >= 4 is 17.6 Å². The maximum absolute atomic E-state index is 10.9. The number of aliphatic hydroxyl groups is 1. The van der Waals surface area contributed by atoms with Crippen molar-refractivity contribution in [1.29, 1.82) is 0 Å². The molecule has 0 spiro atoms. The number of carboxylic acid groups (broad SMARTS) is 1. The number of benzene rings is 2. The van der Waals surface area contributed by atoms with Crippen molar-refractivity contribution in [1.82, 2.24) is 4.90 Å². The van der Waals surface area contributed by atoms with E-state index in [4.69, 9.17) is 16.7 Å². The van der Waals surface area contributed by atoms with Crippen molar-refractivity contribution in [3.63, 3.8) is 0 Å². The van der Waals surface area contributed by atoms with Gasteiger partial charge in [0.15, 0.2) is 0 Å². The van der Waals surface area contributed by atoms with Crippen LogP contribution in [0.1, 0.15) is 40.4 Å². The molecule has 0 radical (unpaired) electrons. The Balaban J connectivity index is 1.53. The Morgan fingerprint density at radius 1 is 1.08 bits per heavy atom. The lowest BCUT2D eigenvalue weighted by molar-refractivity contribution is 0.0568. The third kappa shape index (κ3) is 4.60. The minimum absolute atomic E-state index is 0.256. The molecule has 2 aromatic rings. The summed E-state index contributed by atoms with van der Waals surface area (Å²) in [6.07, 6.45) is 1.43. The van der Waals surface area contributed by atoms with Gasteiger partial charge in [0.05, 0.1) is 11.7 Å². The van der Waals surface area contributed by atoms with Crippen LogP contribution in [-0.2, 0) is 6.54 Å². The van der Waals surface area contributed by atoms with E-state index in [2.05, 4.69) is 4.90 Å². The number of halogens is 1. The van der Waals surface area contributed by atoms with Crippen LogP contribution in [0.2, 0.25) is 5.02 Å². The maximum atomic E-state index is 10.9. The largest absolute Gasteiger partial charge is 0.478 e. The second-order valence-corrected chi connectivity index (χ2v) is 7.05. The minimum atomic E-state index is -0.899. The molecule has 5 heteroatoms. The van der Waals surface area contributed by atoms with E-state index in [9.17, 15) is 9.90 Å². The first-order valence-corrected chi connectivity index (χ1v) is 8.89. The summed E-state index contributed by atoms with van der Waals surface area (Å²) >= 11 is 5.90. The number of aliphatic hydroxyl groups excluding tert-OH is 1. The molecule has 0 bridgehead atoms. The zero-order chi connectivity index (χ0) is 17.8. The Bertz CT molecular complexity index is 707. The highest BCUT2D eigenvalue weighted by Gasteiger charge is 2.26. The summed E-state index contributed by atoms with van der Waals surface area (Å²) in [5.41, 5.74) is 2.35. The number of nitrogens with zero attached hydrogens (tertiary/aromatic N) is 1. The molecule has 4 nitrogen and oxygen atoms in total. The Labute approximate surface area is 152 Å². The summed E-state index contributed by atoms with van der Waals surface area (Å²) in [6.45, 7) is 2.66. The summed E-state index contributed by atoms with van der Waals surface area (Å²) in [6, 6.07) is 14.5. The summed E-state index contributed by atoms with van der Waals surface area (Å²) in [5, 5.41) is 20.2. The average Bonchev–Trinajstić information content (AvgIpc) is 2.63. The molecule has 0 amide bonds. The molecule has 1 aliphatic rings. The molecule has 132 valence electrons. The van der Waals surface area contributed by atoms with Gasteiger partial charge < -0.3 is 10.2 Å². The van der Waals surface area contributed by atoms with Crippen LogP contribution < -0.4 is 0 Å². The van der Waals surface area contributed by atoms with E-state index in [1.165, 1.54) is 0 Å². The van der Waals surface area contributed by atoms with Gasteiger partial charge in [-0.15, -0.1) is 0 Å². The van der Waals surface area contributed by atoms with Gasteiger partial charge in [-0.25, -0.2) is 4.79 Å². The van der Waals surface area contributed by atoms with E-state index in [1.54, 1.807) is 12.1 Å². The third-order valence-electron chi connectivity index (χ3n) is 4.90. The fourth-order valence-corrected chi connectivity index (χ4v) is 3.50. The van der Waals surface area contributed by atoms with Crippen LogP contribution >= 0.6 is 11.6 Å². The van der Waals surface area contributed by atoms with E-state index < -0.39 is 12.1 Å². The molecule has 1 atom stereocenters. The van der Waals surface area contributed by atoms with Crippen LogP contribution in [0.3, 0.4) is 0 Å². The fraction of sp³-hybridized carbons (Fsp3) is 0.350. The van der Waals surface area contributed by atoms with Crippen LogP contribution in [0.25, 0.3) is 0 Å². The number of carbonyl (C=O) groups is 1. The van der Waals surface area contributed by atoms with Crippen LogP contribution in [0.5, 0.6) is 0 Å². The molecule has 0 aliphatic carbocycles. The summed E-state index contributed by atoms with van der Waals surface area (Å²) in [4.78, 5) is 13.2. The Hall–Kier alpha value is -1.88. The summed E-state index contributed by atoms with van der Waals surface area (Å²) in [7, 11) is 0. The van der Waals surface area contributed by atoms with E-state index in [1.807, 2.05) is 36.4 Å². The average molecular weight is 360 g/mol. The van der Waals surface area contributed by atoms with Gasteiger partial charge in [-0.05, 0) is 67.2 Å². The van der Waals surface area contributed by atoms with Crippen LogP contribution in [0, 0.1) is 5.92 Å². The zero-order valence-electron chi connectivity index (χ0n) is 13.9. The number of hydrogen-bond acceptors (Lipinski definition) is 3.